The van der Waals surface area contributed by atoms with Crippen LogP contribution in [0.15, 0.2) is 0 Å². The molecule has 0 aliphatic carbocycles. The molecule has 0 saturated heterocycles. The highest BCUT2D eigenvalue weighted by Crippen LogP contribution is 2.43. The van der Waals surface area contributed by atoms with Crippen LogP contribution in [0.4, 0.5) is 0 Å². The minimum Gasteiger partial charge on any atom is -0.457 e. The van der Waals surface area contributed by atoms with Crippen LogP contribution in [0.25, 0.3) is 0 Å². The van der Waals surface area contributed by atoms with E-state index in [4.69, 9.17) is 18.5 Å². The molecular weight excluding hydrogens is 623 g/mol. The Morgan fingerprint density at radius 3 is 1.00 bits per heavy atom. The lowest BCUT2D eigenvalue weighted by atomic mass is 10.0. The van der Waals surface area contributed by atoms with Crippen molar-refractivity contribution < 1.29 is 47.8 Å². The molecule has 0 spiro atoms. The van der Waals surface area contributed by atoms with Crippen molar-refractivity contribution in [3.63, 3.8) is 0 Å². The Hall–Kier alpha value is -1.03. The minimum absolute atomic E-state index is 0.191. The van der Waals surface area contributed by atoms with Crippen LogP contribution < -0.4 is 0 Å². The van der Waals surface area contributed by atoms with Gasteiger partial charge in [-0.1, -0.05) is 155 Å². The van der Waals surface area contributed by atoms with Crippen LogP contribution in [-0.2, 0) is 32.7 Å². The van der Waals surface area contributed by atoms with Crippen molar-refractivity contribution in [1.29, 1.82) is 0 Å². The zero-order valence-corrected chi connectivity index (χ0v) is 30.9. The number of carbonyl (C=O) groups excluding carboxylic acids is 2. The lowest BCUT2D eigenvalue weighted by Crippen LogP contribution is -2.28. The molecule has 0 aliphatic heterocycles. The molecule has 3 unspecified atom stereocenters. The Morgan fingerprint density at radius 1 is 0.489 bits per heavy atom. The fourth-order valence-electron chi connectivity index (χ4n) is 5.35. The predicted octanol–water partition coefficient (Wildman–Crippen LogP) is 9.11. The van der Waals surface area contributed by atoms with Crippen molar-refractivity contribution in [2.24, 2.45) is 0 Å². The summed E-state index contributed by atoms with van der Waals surface area (Å²) in [5, 5.41) is 19.0. The van der Waals surface area contributed by atoms with E-state index >= 15 is 0 Å². The van der Waals surface area contributed by atoms with Gasteiger partial charge in [0.25, 0.3) is 0 Å². The van der Waals surface area contributed by atoms with Gasteiger partial charge in [-0.15, -0.1) is 0 Å². The summed E-state index contributed by atoms with van der Waals surface area (Å²) in [4.78, 5) is 34.1. The summed E-state index contributed by atoms with van der Waals surface area (Å²) >= 11 is 0. The van der Waals surface area contributed by atoms with E-state index in [2.05, 4.69) is 13.8 Å². The zero-order valence-electron chi connectivity index (χ0n) is 30.0. The smallest absolute Gasteiger partial charge is 0.457 e. The molecule has 0 bridgehead atoms. The minimum atomic E-state index is -4.61. The average Bonchev–Trinajstić information content (AvgIpc) is 3.05. The number of hydrogen-bond donors (Lipinski definition) is 3. The van der Waals surface area contributed by atoms with Gasteiger partial charge in [0.15, 0.2) is 0 Å². The van der Waals surface area contributed by atoms with Gasteiger partial charge in [0, 0.05) is 12.8 Å². The van der Waals surface area contributed by atoms with Crippen molar-refractivity contribution in [2.75, 3.05) is 26.4 Å². The van der Waals surface area contributed by atoms with Crippen molar-refractivity contribution in [3.8, 4) is 0 Å². The molecule has 0 saturated carbocycles. The maximum absolute atomic E-state index is 12.2. The molecule has 0 heterocycles. The van der Waals surface area contributed by atoms with E-state index in [0.29, 0.717) is 12.8 Å². The summed E-state index contributed by atoms with van der Waals surface area (Å²) in [6.45, 7) is 2.11. The molecule has 0 radical (unpaired) electrons. The third kappa shape index (κ3) is 32.0. The average molecular weight is 695 g/mol. The number of aliphatic hydroxyl groups is 2. The number of ether oxygens (including phenoxy) is 2. The number of rotatable bonds is 36. The van der Waals surface area contributed by atoms with Crippen LogP contribution in [0.5, 0.6) is 0 Å². The van der Waals surface area contributed by atoms with Gasteiger partial charge in [0.1, 0.15) is 12.2 Å². The molecule has 0 rings (SSSR count). The Balaban J connectivity index is 3.82. The van der Waals surface area contributed by atoms with Gasteiger partial charge in [0.05, 0.1) is 26.4 Å². The van der Waals surface area contributed by atoms with E-state index in [1.807, 2.05) is 0 Å². The number of hydrogen-bond acceptors (Lipinski definition) is 9. The second-order valence-electron chi connectivity index (χ2n) is 12.9. The van der Waals surface area contributed by atoms with Gasteiger partial charge < -0.3 is 24.6 Å². The molecule has 0 aromatic rings. The maximum atomic E-state index is 12.2. The van der Waals surface area contributed by atoms with Crippen LogP contribution >= 0.6 is 7.82 Å². The molecule has 3 atom stereocenters. The monoisotopic (exact) mass is 694 g/mol. The van der Waals surface area contributed by atoms with Gasteiger partial charge in [-0.25, -0.2) is 4.57 Å². The van der Waals surface area contributed by atoms with E-state index in [1.165, 1.54) is 96.3 Å². The number of esters is 2. The van der Waals surface area contributed by atoms with Crippen molar-refractivity contribution in [1.82, 2.24) is 0 Å². The molecule has 3 N–H and O–H groups in total. The third-order valence-electron chi connectivity index (χ3n) is 8.32. The summed E-state index contributed by atoms with van der Waals surface area (Å²) in [5.41, 5.74) is 0. The summed E-state index contributed by atoms with van der Waals surface area (Å²) < 4.78 is 32.2. The van der Waals surface area contributed by atoms with Crippen LogP contribution in [0.3, 0.4) is 0 Å². The van der Waals surface area contributed by atoms with Crippen molar-refractivity contribution in [3.05, 3.63) is 0 Å². The topological polar surface area (TPSA) is 149 Å². The van der Waals surface area contributed by atoms with Crippen LogP contribution in [0.1, 0.15) is 181 Å². The molecule has 280 valence electrons. The van der Waals surface area contributed by atoms with E-state index < -0.39 is 58.4 Å². The number of phosphoric acid groups is 1. The molecule has 11 heteroatoms. The molecule has 0 amide bonds. The van der Waals surface area contributed by atoms with Crippen LogP contribution in [0.2, 0.25) is 0 Å². The summed E-state index contributed by atoms with van der Waals surface area (Å²) in [6, 6.07) is 0. The Labute approximate surface area is 286 Å². The number of unbranched alkanes of at least 4 members (excludes halogenated alkanes) is 22. The second kappa shape index (κ2) is 33.5. The standard InChI is InChI=1S/C36H71O10P/c1-3-5-7-9-10-11-12-13-14-15-16-17-18-19-20-21-22-24-26-28-36(40)46-34(30-38)32-44-47(41,42)43-31-33(29-37)45-35(39)27-25-23-8-6-4-2/h33-34,37-38H,3-32H2,1-2H3,(H,41,42). The van der Waals surface area contributed by atoms with Gasteiger partial charge >= 0.3 is 19.8 Å². The molecule has 47 heavy (non-hydrogen) atoms. The van der Waals surface area contributed by atoms with Gasteiger partial charge in [0.2, 0.25) is 0 Å². The highest BCUT2D eigenvalue weighted by molar-refractivity contribution is 7.47. The normalized spacial score (nSPS) is 14.1. The molecular formula is C36H71O10P. The summed E-state index contributed by atoms with van der Waals surface area (Å²) in [7, 11) is -4.61. The largest absolute Gasteiger partial charge is 0.472 e. The first kappa shape index (κ1) is 46.0. The summed E-state index contributed by atoms with van der Waals surface area (Å²) in [6.07, 6.45) is 27.1. The fourth-order valence-corrected chi connectivity index (χ4v) is 6.13. The van der Waals surface area contributed by atoms with Crippen molar-refractivity contribution >= 4 is 19.8 Å². The molecule has 0 fully saturated rings. The first-order chi connectivity index (χ1) is 22.8. The number of aliphatic hydroxyl groups excluding tert-OH is 2. The van der Waals surface area contributed by atoms with E-state index in [0.717, 1.165) is 44.9 Å². The molecule has 0 aliphatic rings. The lowest BCUT2D eigenvalue weighted by molar-refractivity contribution is -0.153. The fraction of sp³-hybridized carbons (Fsp3) is 0.944. The number of carbonyl (C=O) groups is 2. The summed E-state index contributed by atoms with van der Waals surface area (Å²) in [5.74, 6) is -1.02. The van der Waals surface area contributed by atoms with Crippen molar-refractivity contribution in [2.45, 2.75) is 193 Å². The quantitative estimate of drug-likeness (QED) is 0.0329. The SMILES string of the molecule is CCCCCCCCCCCCCCCCCCCCCC(=O)OC(CO)COP(=O)(O)OCC(CO)OC(=O)CCCCCCC. The van der Waals surface area contributed by atoms with E-state index in [-0.39, 0.29) is 12.8 Å². The Kier molecular flexibility index (Phi) is 32.7. The first-order valence-electron chi connectivity index (χ1n) is 19.0. The second-order valence-corrected chi connectivity index (χ2v) is 14.4. The third-order valence-corrected chi connectivity index (χ3v) is 9.27. The van der Waals surface area contributed by atoms with Crippen LogP contribution in [0, 0.1) is 0 Å². The predicted molar refractivity (Wildman–Crippen MR) is 187 cm³/mol. The van der Waals surface area contributed by atoms with Gasteiger partial charge in [-0.05, 0) is 12.8 Å². The van der Waals surface area contributed by atoms with Crippen LogP contribution in [-0.4, -0.2) is 65.7 Å². The lowest BCUT2D eigenvalue weighted by Gasteiger charge is -2.20. The Bertz CT molecular complexity index is 766. The Morgan fingerprint density at radius 2 is 0.745 bits per heavy atom. The van der Waals surface area contributed by atoms with Gasteiger partial charge in [-0.2, -0.15) is 0 Å². The van der Waals surface area contributed by atoms with E-state index in [1.54, 1.807) is 0 Å². The molecule has 10 nitrogen and oxygen atoms in total. The highest BCUT2D eigenvalue weighted by atomic mass is 31.2. The molecule has 0 aromatic carbocycles. The van der Waals surface area contributed by atoms with E-state index in [9.17, 15) is 29.3 Å². The zero-order chi connectivity index (χ0) is 34.9. The molecule has 0 aromatic heterocycles. The first-order valence-corrected chi connectivity index (χ1v) is 20.5. The van der Waals surface area contributed by atoms with Gasteiger partial charge in [-0.3, -0.25) is 18.6 Å². The maximum Gasteiger partial charge on any atom is 0.472 e. The number of phosphoric ester groups is 1. The highest BCUT2D eigenvalue weighted by Gasteiger charge is 2.27.